The molecule has 1 saturated carbocycles. The van der Waals surface area contributed by atoms with Gasteiger partial charge in [0, 0.05) is 19.2 Å². The minimum atomic E-state index is -4.14. The average molecular weight is 348 g/mol. The number of carbonyl (C=O) groups is 1. The molecule has 9 heteroatoms. The van der Waals surface area contributed by atoms with Crippen molar-refractivity contribution in [2.75, 3.05) is 13.7 Å². The van der Waals surface area contributed by atoms with Crippen molar-refractivity contribution in [1.82, 2.24) is 10.0 Å². The molecule has 1 aliphatic carbocycles. The summed E-state index contributed by atoms with van der Waals surface area (Å²) in [5, 5.41) is 2.35. The predicted molar refractivity (Wildman–Crippen MR) is 78.5 cm³/mol. The van der Waals surface area contributed by atoms with E-state index >= 15 is 0 Å². The molecule has 1 aromatic carbocycles. The van der Waals surface area contributed by atoms with Crippen molar-refractivity contribution in [3.63, 3.8) is 0 Å². The molecule has 1 amide bonds. The first kappa shape index (κ1) is 17.8. The number of hydrogen-bond donors (Lipinski definition) is 2. The second-order valence-corrected chi connectivity index (χ2v) is 7.14. The summed E-state index contributed by atoms with van der Waals surface area (Å²) in [5.41, 5.74) is -0.924. The molecule has 0 spiro atoms. The molecule has 1 aliphatic rings. The quantitative estimate of drug-likeness (QED) is 0.775. The van der Waals surface area contributed by atoms with E-state index in [0.717, 1.165) is 12.1 Å². The average Bonchev–Trinajstić information content (AvgIpc) is 3.21. The van der Waals surface area contributed by atoms with E-state index in [-0.39, 0.29) is 12.6 Å². The van der Waals surface area contributed by atoms with Crippen molar-refractivity contribution in [1.29, 1.82) is 0 Å². The number of nitrogens with one attached hydrogen (secondary N) is 2. The summed E-state index contributed by atoms with van der Waals surface area (Å²) >= 11 is 0. The Balaban J connectivity index is 2.32. The topological polar surface area (TPSA) is 84.5 Å². The van der Waals surface area contributed by atoms with E-state index in [1.165, 1.54) is 7.11 Å². The van der Waals surface area contributed by atoms with Crippen molar-refractivity contribution < 1.29 is 26.7 Å². The van der Waals surface area contributed by atoms with Gasteiger partial charge in [0.2, 0.25) is 10.0 Å². The molecule has 1 unspecified atom stereocenters. The van der Waals surface area contributed by atoms with Crippen LogP contribution >= 0.6 is 0 Å². The maximum absolute atomic E-state index is 14.4. The van der Waals surface area contributed by atoms with E-state index in [0.29, 0.717) is 12.8 Å². The van der Waals surface area contributed by atoms with Gasteiger partial charge in [-0.1, -0.05) is 0 Å². The van der Waals surface area contributed by atoms with Crippen LogP contribution in [0.2, 0.25) is 0 Å². The Morgan fingerprint density at radius 1 is 1.39 bits per heavy atom. The van der Waals surface area contributed by atoms with Crippen LogP contribution in [-0.4, -0.2) is 40.1 Å². The van der Waals surface area contributed by atoms with Gasteiger partial charge >= 0.3 is 0 Å². The highest BCUT2D eigenvalue weighted by molar-refractivity contribution is 7.89. The van der Waals surface area contributed by atoms with Gasteiger partial charge in [-0.3, -0.25) is 4.79 Å². The summed E-state index contributed by atoms with van der Waals surface area (Å²) in [4.78, 5) is 11.3. The van der Waals surface area contributed by atoms with Gasteiger partial charge in [0.25, 0.3) is 5.91 Å². The van der Waals surface area contributed by atoms with E-state index in [9.17, 15) is 22.0 Å². The molecular formula is C14H18F2N2O4S. The molecule has 6 nitrogen and oxygen atoms in total. The number of halogens is 2. The Kier molecular flexibility index (Phi) is 5.33. The fraction of sp³-hybridized carbons (Fsp3) is 0.500. The smallest absolute Gasteiger partial charge is 0.257 e. The van der Waals surface area contributed by atoms with E-state index in [2.05, 4.69) is 10.0 Å². The summed E-state index contributed by atoms with van der Waals surface area (Å²) in [7, 11) is -2.72. The van der Waals surface area contributed by atoms with Gasteiger partial charge in [-0.05, 0) is 31.9 Å². The van der Waals surface area contributed by atoms with Gasteiger partial charge in [-0.25, -0.2) is 21.9 Å². The number of amides is 1. The lowest BCUT2D eigenvalue weighted by Gasteiger charge is -2.15. The lowest BCUT2D eigenvalue weighted by molar-refractivity contribution is 0.0896. The Morgan fingerprint density at radius 2 is 2.04 bits per heavy atom. The number of carbonyl (C=O) groups excluding carboxylic acids is 1. The largest absolute Gasteiger partial charge is 0.383 e. The van der Waals surface area contributed by atoms with Crippen molar-refractivity contribution in [3.05, 3.63) is 29.3 Å². The fourth-order valence-electron chi connectivity index (χ4n) is 2.02. The third kappa shape index (κ3) is 4.24. The molecule has 128 valence electrons. The molecular weight excluding hydrogens is 330 g/mol. The van der Waals surface area contributed by atoms with Crippen LogP contribution < -0.4 is 10.0 Å². The zero-order chi connectivity index (χ0) is 17.2. The lowest BCUT2D eigenvalue weighted by atomic mass is 10.1. The lowest BCUT2D eigenvalue weighted by Crippen LogP contribution is -2.37. The number of benzene rings is 1. The van der Waals surface area contributed by atoms with Crippen molar-refractivity contribution in [2.24, 2.45) is 0 Å². The molecule has 0 saturated heterocycles. The maximum atomic E-state index is 14.4. The van der Waals surface area contributed by atoms with E-state index < -0.39 is 44.1 Å². The molecule has 1 atom stereocenters. The molecule has 0 aliphatic heterocycles. The molecule has 0 heterocycles. The number of ether oxygens (including phenoxy) is 1. The second-order valence-electron chi connectivity index (χ2n) is 5.46. The predicted octanol–water partition coefficient (Wildman–Crippen LogP) is 1.17. The summed E-state index contributed by atoms with van der Waals surface area (Å²) in [6.45, 7) is 1.74. The van der Waals surface area contributed by atoms with Gasteiger partial charge in [0.05, 0.1) is 6.61 Å². The van der Waals surface area contributed by atoms with Gasteiger partial charge < -0.3 is 10.1 Å². The van der Waals surface area contributed by atoms with Crippen LogP contribution in [0, 0.1) is 11.6 Å². The molecule has 23 heavy (non-hydrogen) atoms. The van der Waals surface area contributed by atoms with Gasteiger partial charge in [-0.2, -0.15) is 0 Å². The molecule has 0 bridgehead atoms. The van der Waals surface area contributed by atoms with Gasteiger partial charge in [-0.15, -0.1) is 0 Å². The van der Waals surface area contributed by atoms with E-state index in [4.69, 9.17) is 4.74 Å². The highest BCUT2D eigenvalue weighted by Crippen LogP contribution is 2.25. The molecule has 2 N–H and O–H groups in total. The van der Waals surface area contributed by atoms with Crippen LogP contribution in [0.5, 0.6) is 0 Å². The van der Waals surface area contributed by atoms with Crippen LogP contribution in [0.3, 0.4) is 0 Å². The molecule has 0 radical (unpaired) electrons. The summed E-state index contributed by atoms with van der Waals surface area (Å²) in [6.07, 6.45) is 1.34. The first-order valence-electron chi connectivity index (χ1n) is 7.06. The van der Waals surface area contributed by atoms with E-state index in [1.807, 2.05) is 0 Å². The highest BCUT2D eigenvalue weighted by atomic mass is 32.2. The minimum Gasteiger partial charge on any atom is -0.383 e. The maximum Gasteiger partial charge on any atom is 0.257 e. The van der Waals surface area contributed by atoms with Crippen molar-refractivity contribution >= 4 is 15.9 Å². The Labute approximate surface area is 133 Å². The molecule has 2 rings (SSSR count). The first-order chi connectivity index (χ1) is 10.8. The van der Waals surface area contributed by atoms with Gasteiger partial charge in [0.15, 0.2) is 5.82 Å². The monoisotopic (exact) mass is 348 g/mol. The Morgan fingerprint density at radius 3 is 2.61 bits per heavy atom. The molecule has 1 aromatic rings. The zero-order valence-corrected chi connectivity index (χ0v) is 13.5. The Hall–Kier alpha value is -1.58. The third-order valence-electron chi connectivity index (χ3n) is 3.27. The van der Waals surface area contributed by atoms with Crippen LogP contribution in [0.25, 0.3) is 0 Å². The summed E-state index contributed by atoms with van der Waals surface area (Å²) < 4.78 is 59.6. The van der Waals surface area contributed by atoms with Crippen LogP contribution in [0.1, 0.15) is 30.1 Å². The number of hydrogen-bond acceptors (Lipinski definition) is 4. The first-order valence-corrected chi connectivity index (χ1v) is 8.54. The van der Waals surface area contributed by atoms with Gasteiger partial charge in [0.1, 0.15) is 16.3 Å². The van der Waals surface area contributed by atoms with Crippen molar-refractivity contribution in [2.45, 2.75) is 36.7 Å². The van der Waals surface area contributed by atoms with Crippen LogP contribution in [0.15, 0.2) is 17.0 Å². The normalized spacial score (nSPS) is 16.2. The standard InChI is InChI=1S/C14H18F2N2O4S/c1-8(7-22-2)17-14(19)12-10(15)5-6-11(13(12)16)23(20,21)18-9-3-4-9/h5-6,8-9,18H,3-4,7H2,1-2H3,(H,17,19). The SMILES string of the molecule is COCC(C)NC(=O)c1c(F)ccc(S(=O)(=O)NC2CC2)c1F. The highest BCUT2D eigenvalue weighted by Gasteiger charge is 2.32. The number of methoxy groups -OCH3 is 1. The number of rotatable bonds is 7. The van der Waals surface area contributed by atoms with Crippen LogP contribution in [0.4, 0.5) is 8.78 Å². The minimum absolute atomic E-state index is 0.149. The van der Waals surface area contributed by atoms with Crippen molar-refractivity contribution in [3.8, 4) is 0 Å². The van der Waals surface area contributed by atoms with E-state index in [1.54, 1.807) is 6.92 Å². The third-order valence-corrected chi connectivity index (χ3v) is 4.80. The zero-order valence-electron chi connectivity index (χ0n) is 12.7. The summed E-state index contributed by atoms with van der Waals surface area (Å²) in [5.74, 6) is -3.57. The second kappa shape index (κ2) is 6.90. The number of sulfonamides is 1. The van der Waals surface area contributed by atoms with Crippen LogP contribution in [-0.2, 0) is 14.8 Å². The molecule has 0 aromatic heterocycles. The fourth-order valence-corrected chi connectivity index (χ4v) is 3.41. The molecule has 1 fully saturated rings. The summed E-state index contributed by atoms with van der Waals surface area (Å²) in [6, 6.07) is 0.852. The Bertz CT molecular complexity index is 705.